The number of carbonyl (C=O) groups excluding carboxylic acids is 2. The molecule has 214 valence electrons. The van der Waals surface area contributed by atoms with Gasteiger partial charge in [-0.2, -0.15) is 13.2 Å². The number of nitrogens with one attached hydrogen (secondary N) is 1. The molecule has 5 rings (SSSR count). The Morgan fingerprint density at radius 2 is 1.69 bits per heavy atom. The van der Waals surface area contributed by atoms with Crippen molar-refractivity contribution >= 4 is 17.6 Å². The van der Waals surface area contributed by atoms with E-state index in [1.807, 2.05) is 18.2 Å². The highest BCUT2D eigenvalue weighted by molar-refractivity contribution is 5.96. The van der Waals surface area contributed by atoms with Gasteiger partial charge < -0.3 is 15.1 Å². The van der Waals surface area contributed by atoms with E-state index in [0.717, 1.165) is 17.2 Å². The van der Waals surface area contributed by atoms with E-state index >= 15 is 0 Å². The van der Waals surface area contributed by atoms with Crippen molar-refractivity contribution in [1.82, 2.24) is 14.8 Å². The first-order chi connectivity index (χ1) is 20.2. The van der Waals surface area contributed by atoms with Gasteiger partial charge in [0.25, 0.3) is 0 Å². The maximum atomic E-state index is 14.0. The number of urea groups is 1. The molecule has 0 unspecified atom stereocenters. The molecular weight excluding hydrogens is 548 g/mol. The summed E-state index contributed by atoms with van der Waals surface area (Å²) in [5, 5.41) is 2.85. The largest absolute Gasteiger partial charge is 0.416 e. The number of nitrogens with zero attached hydrogens (tertiary/aromatic N) is 3. The number of alkyl halides is 3. The summed E-state index contributed by atoms with van der Waals surface area (Å²) in [5.74, 6) is -1.05. The fourth-order valence-corrected chi connectivity index (χ4v) is 4.87. The summed E-state index contributed by atoms with van der Waals surface area (Å²) in [6.45, 7) is -0.502. The van der Waals surface area contributed by atoms with E-state index in [0.29, 0.717) is 11.3 Å². The minimum atomic E-state index is -4.65. The zero-order valence-corrected chi connectivity index (χ0v) is 22.3. The Hall–Kier alpha value is -4.99. The predicted octanol–water partition coefficient (Wildman–Crippen LogP) is 7.08. The number of benzene rings is 3. The Kier molecular flexibility index (Phi) is 8.33. The fraction of sp³-hybridized carbons (Fsp3) is 0.156. The molecule has 3 aromatic carbocycles. The van der Waals surface area contributed by atoms with E-state index in [9.17, 15) is 27.2 Å². The van der Waals surface area contributed by atoms with Gasteiger partial charge in [-0.25, -0.2) is 9.18 Å². The van der Waals surface area contributed by atoms with Gasteiger partial charge in [0.05, 0.1) is 17.3 Å². The third-order valence-corrected chi connectivity index (χ3v) is 6.91. The van der Waals surface area contributed by atoms with Crippen LogP contribution >= 0.6 is 0 Å². The Balaban J connectivity index is 1.46. The zero-order chi connectivity index (χ0) is 29.7. The Morgan fingerprint density at radius 1 is 0.952 bits per heavy atom. The number of pyridine rings is 1. The van der Waals surface area contributed by atoms with E-state index in [1.165, 1.54) is 58.3 Å². The lowest BCUT2D eigenvalue weighted by Gasteiger charge is -2.35. The van der Waals surface area contributed by atoms with Crippen molar-refractivity contribution < 1.29 is 27.2 Å². The molecule has 1 aromatic heterocycles. The third-order valence-electron chi connectivity index (χ3n) is 6.91. The van der Waals surface area contributed by atoms with Crippen LogP contribution < -0.4 is 5.32 Å². The van der Waals surface area contributed by atoms with Crippen molar-refractivity contribution in [3.05, 3.63) is 132 Å². The first-order valence-electron chi connectivity index (χ1n) is 13.1. The molecule has 4 aromatic rings. The van der Waals surface area contributed by atoms with Crippen molar-refractivity contribution in [2.45, 2.75) is 18.8 Å². The average Bonchev–Trinajstić information content (AvgIpc) is 2.98. The van der Waals surface area contributed by atoms with Crippen LogP contribution in [-0.4, -0.2) is 39.8 Å². The molecule has 1 aliphatic rings. The number of aromatic nitrogens is 1. The van der Waals surface area contributed by atoms with Crippen LogP contribution in [0.2, 0.25) is 0 Å². The van der Waals surface area contributed by atoms with Crippen molar-refractivity contribution in [2.24, 2.45) is 0 Å². The quantitative estimate of drug-likeness (QED) is 0.205. The minimum absolute atomic E-state index is 0.0122. The van der Waals surface area contributed by atoms with Crippen LogP contribution in [-0.2, 0) is 17.5 Å². The maximum Gasteiger partial charge on any atom is 0.416 e. The van der Waals surface area contributed by atoms with Gasteiger partial charge in [-0.3, -0.25) is 9.78 Å². The molecule has 0 saturated carbocycles. The first kappa shape index (κ1) is 28.5. The number of hydrogen-bond donors (Lipinski definition) is 1. The van der Waals surface area contributed by atoms with Gasteiger partial charge in [0.2, 0.25) is 5.91 Å². The van der Waals surface area contributed by atoms with Gasteiger partial charge in [-0.1, -0.05) is 66.7 Å². The molecule has 10 heteroatoms. The lowest BCUT2D eigenvalue weighted by atomic mass is 9.96. The highest BCUT2D eigenvalue weighted by atomic mass is 19.4. The Bertz CT molecular complexity index is 1590. The highest BCUT2D eigenvalue weighted by Gasteiger charge is 2.37. The number of rotatable bonds is 5. The van der Waals surface area contributed by atoms with Crippen LogP contribution in [0.4, 0.5) is 28.0 Å². The van der Waals surface area contributed by atoms with Gasteiger partial charge in [-0.15, -0.1) is 0 Å². The SMILES string of the molecule is O=C(Nc1ccccc1-c1cccnc1)N1C/C=C\[C@H](c2ccccc2C(F)(F)F)N(Cc2ccc(F)cc2)C(=O)C1. The topological polar surface area (TPSA) is 65.5 Å². The second kappa shape index (κ2) is 12.3. The number of hydrogen-bond acceptors (Lipinski definition) is 3. The van der Waals surface area contributed by atoms with Crippen LogP contribution in [0.5, 0.6) is 0 Å². The van der Waals surface area contributed by atoms with Crippen LogP contribution in [0, 0.1) is 5.82 Å². The van der Waals surface area contributed by atoms with Crippen LogP contribution in [0.25, 0.3) is 11.1 Å². The molecule has 0 saturated heterocycles. The maximum absolute atomic E-state index is 14.0. The van der Waals surface area contributed by atoms with Crippen LogP contribution in [0.1, 0.15) is 22.7 Å². The lowest BCUT2D eigenvalue weighted by molar-refractivity contribution is -0.141. The van der Waals surface area contributed by atoms with Crippen molar-refractivity contribution in [1.29, 1.82) is 0 Å². The molecule has 3 amide bonds. The number of anilines is 1. The number of amides is 3. The van der Waals surface area contributed by atoms with E-state index in [-0.39, 0.29) is 18.7 Å². The van der Waals surface area contributed by atoms with Crippen molar-refractivity contribution in [2.75, 3.05) is 18.4 Å². The molecule has 0 radical (unpaired) electrons. The standard InChI is InChI=1S/C32H26F4N4O2/c33-24-15-13-22(14-16-24)20-40-29(26-9-1-3-10-27(26)32(34,35)36)12-6-18-39(21-30(40)41)31(42)38-28-11-4-2-8-25(28)23-7-5-17-37-19-23/h1-17,19,29H,18,20-21H2,(H,38,42)/b12-6-/t29-/m1/s1. The Labute approximate surface area is 239 Å². The van der Waals surface area contributed by atoms with E-state index in [2.05, 4.69) is 10.3 Å². The van der Waals surface area contributed by atoms with E-state index in [4.69, 9.17) is 0 Å². The minimum Gasteiger partial charge on any atom is -0.326 e. The summed E-state index contributed by atoms with van der Waals surface area (Å²) in [7, 11) is 0. The molecule has 42 heavy (non-hydrogen) atoms. The number of para-hydroxylation sites is 1. The molecule has 0 spiro atoms. The predicted molar refractivity (Wildman–Crippen MR) is 151 cm³/mol. The zero-order valence-electron chi connectivity index (χ0n) is 22.3. The lowest BCUT2D eigenvalue weighted by Crippen LogP contribution is -2.46. The molecule has 1 atom stereocenters. The van der Waals surface area contributed by atoms with Crippen LogP contribution in [0.15, 0.2) is 109 Å². The van der Waals surface area contributed by atoms with Gasteiger partial charge >= 0.3 is 12.2 Å². The summed E-state index contributed by atoms with van der Waals surface area (Å²) in [5.41, 5.74) is 1.59. The molecule has 1 N–H and O–H groups in total. The second-order valence-electron chi connectivity index (χ2n) is 9.70. The smallest absolute Gasteiger partial charge is 0.326 e. The summed E-state index contributed by atoms with van der Waals surface area (Å²) >= 11 is 0. The fourth-order valence-electron chi connectivity index (χ4n) is 4.87. The van der Waals surface area contributed by atoms with Gasteiger partial charge in [0, 0.05) is 36.6 Å². The molecular formula is C32H26F4N4O2. The van der Waals surface area contributed by atoms with E-state index in [1.54, 1.807) is 36.7 Å². The summed E-state index contributed by atoms with van der Waals surface area (Å²) in [6, 6.07) is 19.6. The van der Waals surface area contributed by atoms with Gasteiger partial charge in [0.15, 0.2) is 0 Å². The summed E-state index contributed by atoms with van der Waals surface area (Å²) in [6.07, 6.45) is 1.73. The van der Waals surface area contributed by atoms with E-state index < -0.39 is 42.1 Å². The monoisotopic (exact) mass is 574 g/mol. The molecule has 1 aliphatic heterocycles. The highest BCUT2D eigenvalue weighted by Crippen LogP contribution is 2.38. The average molecular weight is 575 g/mol. The van der Waals surface area contributed by atoms with Crippen LogP contribution in [0.3, 0.4) is 0 Å². The van der Waals surface area contributed by atoms with Gasteiger partial charge in [0.1, 0.15) is 12.4 Å². The molecule has 0 bridgehead atoms. The first-order valence-corrected chi connectivity index (χ1v) is 13.1. The Morgan fingerprint density at radius 3 is 2.43 bits per heavy atom. The third kappa shape index (κ3) is 6.49. The van der Waals surface area contributed by atoms with Crippen molar-refractivity contribution in [3.63, 3.8) is 0 Å². The second-order valence-corrected chi connectivity index (χ2v) is 9.70. The van der Waals surface area contributed by atoms with Crippen molar-refractivity contribution in [3.8, 4) is 11.1 Å². The molecule has 0 fully saturated rings. The number of carbonyl (C=O) groups is 2. The van der Waals surface area contributed by atoms with Gasteiger partial charge in [-0.05, 0) is 41.5 Å². The molecule has 2 heterocycles. The molecule has 6 nitrogen and oxygen atoms in total. The summed E-state index contributed by atoms with van der Waals surface area (Å²) in [4.78, 5) is 33.8. The molecule has 0 aliphatic carbocycles. The number of halogens is 4. The summed E-state index contributed by atoms with van der Waals surface area (Å²) < 4.78 is 55.5. The normalized spacial score (nSPS) is 16.5.